The number of carbonyl (C=O) groups excluding carboxylic acids is 1. The molecule has 26 heavy (non-hydrogen) atoms. The zero-order valence-electron chi connectivity index (χ0n) is 15.4. The molecule has 0 radical (unpaired) electrons. The van der Waals surface area contributed by atoms with Gasteiger partial charge in [0.2, 0.25) is 10.0 Å². The van der Waals surface area contributed by atoms with Crippen LogP contribution in [0.15, 0.2) is 29.2 Å². The van der Waals surface area contributed by atoms with E-state index in [9.17, 15) is 18.5 Å². The maximum Gasteiger partial charge on any atom is 0.244 e. The van der Waals surface area contributed by atoms with Crippen LogP contribution in [0.5, 0.6) is 0 Å². The smallest absolute Gasteiger partial charge is 0.244 e. The summed E-state index contributed by atoms with van der Waals surface area (Å²) >= 11 is 0. The van der Waals surface area contributed by atoms with Crippen molar-refractivity contribution in [2.75, 3.05) is 0 Å². The Morgan fingerprint density at radius 1 is 1.27 bits per heavy atom. The lowest BCUT2D eigenvalue weighted by molar-refractivity contribution is -0.124. The van der Waals surface area contributed by atoms with Crippen LogP contribution in [0.2, 0.25) is 0 Å². The van der Waals surface area contributed by atoms with Crippen molar-refractivity contribution in [3.8, 4) is 6.07 Å². The number of nitrogens with zero attached hydrogens (tertiary/aromatic N) is 2. The van der Waals surface area contributed by atoms with E-state index in [1.807, 2.05) is 13.8 Å². The van der Waals surface area contributed by atoms with Gasteiger partial charge in [-0.05, 0) is 44.2 Å². The highest BCUT2D eigenvalue weighted by Gasteiger charge is 2.57. The molecule has 6 heteroatoms. The lowest BCUT2D eigenvalue weighted by Crippen LogP contribution is -2.42. The SMILES string of the molecule is CCCCC(=O)[C@@H]1[C@H]2CCC[C@H]2N(S(=O)(=O)c2ccc(C)cc2)[C@@H]1C#N. The molecule has 0 unspecified atom stereocenters. The summed E-state index contributed by atoms with van der Waals surface area (Å²) in [6, 6.07) is 7.75. The predicted octanol–water partition coefficient (Wildman–Crippen LogP) is 3.44. The highest BCUT2D eigenvalue weighted by Crippen LogP contribution is 2.48. The maximum atomic E-state index is 13.3. The van der Waals surface area contributed by atoms with Gasteiger partial charge in [0.15, 0.2) is 0 Å². The second-order valence-electron chi connectivity index (χ2n) is 7.48. The Labute approximate surface area is 156 Å². The quantitative estimate of drug-likeness (QED) is 0.764. The number of carbonyl (C=O) groups is 1. The Bertz CT molecular complexity index is 810. The summed E-state index contributed by atoms with van der Waals surface area (Å²) in [6.45, 7) is 3.93. The van der Waals surface area contributed by atoms with Crippen LogP contribution in [0, 0.1) is 30.1 Å². The molecule has 0 bridgehead atoms. The summed E-state index contributed by atoms with van der Waals surface area (Å²) in [5.41, 5.74) is 0.980. The molecule has 0 N–H and O–H groups in total. The average molecular weight is 375 g/mol. The van der Waals surface area contributed by atoms with Crippen LogP contribution in [-0.2, 0) is 14.8 Å². The van der Waals surface area contributed by atoms with Gasteiger partial charge in [-0.1, -0.05) is 37.5 Å². The third kappa shape index (κ3) is 3.19. The largest absolute Gasteiger partial charge is 0.299 e. The number of hydrogen-bond donors (Lipinski definition) is 0. The fraction of sp³-hybridized carbons (Fsp3) is 0.600. The van der Waals surface area contributed by atoms with E-state index < -0.39 is 22.0 Å². The number of ketones is 1. The molecule has 1 heterocycles. The van der Waals surface area contributed by atoms with Crippen LogP contribution in [0.25, 0.3) is 0 Å². The molecule has 4 atom stereocenters. The topological polar surface area (TPSA) is 78.2 Å². The van der Waals surface area contributed by atoms with E-state index in [0.29, 0.717) is 6.42 Å². The normalized spacial score (nSPS) is 28.7. The minimum Gasteiger partial charge on any atom is -0.299 e. The third-order valence-corrected chi connectivity index (χ3v) is 7.73. The number of aryl methyl sites for hydroxylation is 1. The molecule has 1 aliphatic heterocycles. The van der Waals surface area contributed by atoms with Gasteiger partial charge in [0.05, 0.1) is 16.9 Å². The first kappa shape index (κ1) is 19.1. The fourth-order valence-electron chi connectivity index (χ4n) is 4.53. The van der Waals surface area contributed by atoms with Gasteiger partial charge in [0.25, 0.3) is 0 Å². The van der Waals surface area contributed by atoms with Crippen LogP contribution >= 0.6 is 0 Å². The van der Waals surface area contributed by atoms with Crippen molar-refractivity contribution >= 4 is 15.8 Å². The van der Waals surface area contributed by atoms with E-state index in [0.717, 1.165) is 37.7 Å². The number of hydrogen-bond acceptors (Lipinski definition) is 4. The average Bonchev–Trinajstić information content (AvgIpc) is 3.19. The number of fused-ring (bicyclic) bond motifs is 1. The van der Waals surface area contributed by atoms with Crippen LogP contribution in [0.1, 0.15) is 51.0 Å². The van der Waals surface area contributed by atoms with Crippen LogP contribution in [-0.4, -0.2) is 30.6 Å². The third-order valence-electron chi connectivity index (χ3n) is 5.81. The minimum atomic E-state index is -3.80. The van der Waals surface area contributed by atoms with Gasteiger partial charge in [-0.2, -0.15) is 9.57 Å². The van der Waals surface area contributed by atoms with Gasteiger partial charge < -0.3 is 0 Å². The van der Waals surface area contributed by atoms with Crippen LogP contribution in [0.4, 0.5) is 0 Å². The molecule has 1 aliphatic carbocycles. The minimum absolute atomic E-state index is 0.0239. The van der Waals surface area contributed by atoms with Crippen molar-refractivity contribution in [2.24, 2.45) is 11.8 Å². The van der Waals surface area contributed by atoms with Crippen molar-refractivity contribution < 1.29 is 13.2 Å². The zero-order valence-corrected chi connectivity index (χ0v) is 16.2. The Morgan fingerprint density at radius 2 is 1.96 bits per heavy atom. The van der Waals surface area contributed by atoms with Crippen molar-refractivity contribution in [3.63, 3.8) is 0 Å². The van der Waals surface area contributed by atoms with Crippen LogP contribution < -0.4 is 0 Å². The van der Waals surface area contributed by atoms with Crippen molar-refractivity contribution in [1.29, 1.82) is 5.26 Å². The van der Waals surface area contributed by atoms with Gasteiger partial charge in [-0.25, -0.2) is 8.42 Å². The first-order valence-electron chi connectivity index (χ1n) is 9.44. The highest BCUT2D eigenvalue weighted by atomic mass is 32.2. The second-order valence-corrected chi connectivity index (χ2v) is 9.32. The molecule has 1 aromatic rings. The molecule has 1 saturated carbocycles. The lowest BCUT2D eigenvalue weighted by Gasteiger charge is -2.26. The summed E-state index contributed by atoms with van der Waals surface area (Å²) in [4.78, 5) is 13.0. The fourth-order valence-corrected chi connectivity index (χ4v) is 6.35. The second kappa shape index (κ2) is 7.50. The molecular weight excluding hydrogens is 348 g/mol. The summed E-state index contributed by atoms with van der Waals surface area (Å²) in [7, 11) is -3.80. The molecule has 2 fully saturated rings. The van der Waals surface area contributed by atoms with Gasteiger partial charge in [-0.15, -0.1) is 0 Å². The van der Waals surface area contributed by atoms with Crippen molar-refractivity contribution in [3.05, 3.63) is 29.8 Å². The Balaban J connectivity index is 1.99. The number of sulfonamides is 1. The van der Waals surface area contributed by atoms with Gasteiger partial charge in [0, 0.05) is 12.5 Å². The van der Waals surface area contributed by atoms with E-state index >= 15 is 0 Å². The monoisotopic (exact) mass is 374 g/mol. The van der Waals surface area contributed by atoms with E-state index in [-0.39, 0.29) is 22.6 Å². The number of benzene rings is 1. The first-order valence-corrected chi connectivity index (χ1v) is 10.9. The molecule has 0 aromatic heterocycles. The van der Waals surface area contributed by atoms with Gasteiger partial charge >= 0.3 is 0 Å². The number of nitriles is 1. The summed E-state index contributed by atoms with van der Waals surface area (Å²) in [5.74, 6) is -0.458. The molecule has 140 valence electrons. The van der Waals surface area contributed by atoms with Crippen LogP contribution in [0.3, 0.4) is 0 Å². The Hall–Kier alpha value is -1.71. The number of rotatable bonds is 6. The summed E-state index contributed by atoms with van der Waals surface area (Å²) in [5, 5.41) is 9.78. The molecule has 1 saturated heterocycles. The number of Topliss-reactive ketones (excluding diaryl/α,β-unsaturated/α-hetero) is 1. The van der Waals surface area contributed by atoms with E-state index in [1.165, 1.54) is 4.31 Å². The molecule has 1 aromatic carbocycles. The highest BCUT2D eigenvalue weighted by molar-refractivity contribution is 7.89. The Morgan fingerprint density at radius 3 is 2.58 bits per heavy atom. The summed E-state index contributed by atoms with van der Waals surface area (Å²) in [6.07, 6.45) is 4.59. The zero-order chi connectivity index (χ0) is 18.9. The molecular formula is C20H26N2O3S. The predicted molar refractivity (Wildman–Crippen MR) is 98.8 cm³/mol. The lowest BCUT2D eigenvalue weighted by atomic mass is 9.83. The molecule has 3 rings (SSSR count). The maximum absolute atomic E-state index is 13.3. The first-order chi connectivity index (χ1) is 12.4. The molecule has 2 aliphatic rings. The molecule has 0 spiro atoms. The van der Waals surface area contributed by atoms with Gasteiger partial charge in [-0.3, -0.25) is 4.79 Å². The molecule has 0 amide bonds. The standard InChI is InChI=1S/C20H26N2O3S/c1-3-4-8-19(23)20-16-6-5-7-17(16)22(18(20)13-21)26(24,25)15-11-9-14(2)10-12-15/h9-12,16-18,20H,3-8H2,1-2H3/t16-,17+,18+,20+/m0/s1. The number of unbranched alkanes of at least 4 members (excludes halogenated alkanes) is 1. The van der Waals surface area contributed by atoms with Gasteiger partial charge in [0.1, 0.15) is 11.8 Å². The van der Waals surface area contributed by atoms with E-state index in [1.54, 1.807) is 24.3 Å². The Kier molecular flexibility index (Phi) is 5.50. The summed E-state index contributed by atoms with van der Waals surface area (Å²) < 4.78 is 28.0. The van der Waals surface area contributed by atoms with E-state index in [2.05, 4.69) is 6.07 Å². The van der Waals surface area contributed by atoms with E-state index in [4.69, 9.17) is 0 Å². The van der Waals surface area contributed by atoms with Crippen molar-refractivity contribution in [2.45, 2.75) is 69.4 Å². The molecule has 5 nitrogen and oxygen atoms in total. The van der Waals surface area contributed by atoms with Crippen molar-refractivity contribution in [1.82, 2.24) is 4.31 Å².